The van der Waals surface area contributed by atoms with Crippen molar-refractivity contribution in [2.75, 3.05) is 38.2 Å². The molecule has 158 valence electrons. The van der Waals surface area contributed by atoms with Crippen LogP contribution in [0.1, 0.15) is 5.56 Å². The maximum absolute atomic E-state index is 13.8. The monoisotopic (exact) mass is 432 g/mol. The Morgan fingerprint density at radius 1 is 1.03 bits per heavy atom. The molecule has 1 heterocycles. The maximum atomic E-state index is 13.8. The Bertz CT molecular complexity index is 972. The Kier molecular flexibility index (Phi) is 6.04. The smallest absolute Gasteiger partial charge is 0.494 e. The highest BCUT2D eigenvalue weighted by Crippen LogP contribution is 2.36. The van der Waals surface area contributed by atoms with Crippen molar-refractivity contribution in [3.05, 3.63) is 53.8 Å². The highest BCUT2D eigenvalue weighted by molar-refractivity contribution is 7.92. The quantitative estimate of drug-likeness (QED) is 0.678. The van der Waals surface area contributed by atoms with E-state index in [1.165, 1.54) is 31.4 Å². The van der Waals surface area contributed by atoms with Gasteiger partial charge in [-0.15, -0.1) is 0 Å². The standard InChI is InChI=1S/C19H20F4N2O3S/c1-28-17-7-6-14(12-15(17)20)13-24-8-10-25(11-9-24)16-4-2-3-5-18(16)29(26,27)19(21,22)23/h2-7,12H,8-11,13H2,1H3. The lowest BCUT2D eigenvalue weighted by molar-refractivity contribution is -0.0435. The summed E-state index contributed by atoms with van der Waals surface area (Å²) in [5, 5.41) is 0. The minimum absolute atomic E-state index is 0.0416. The number of benzene rings is 2. The molecule has 3 rings (SSSR count). The molecule has 2 aromatic carbocycles. The zero-order valence-electron chi connectivity index (χ0n) is 15.6. The van der Waals surface area contributed by atoms with Crippen LogP contribution < -0.4 is 9.64 Å². The van der Waals surface area contributed by atoms with E-state index in [0.29, 0.717) is 32.7 Å². The van der Waals surface area contributed by atoms with Crippen LogP contribution in [0.15, 0.2) is 47.4 Å². The van der Waals surface area contributed by atoms with Gasteiger partial charge in [0.05, 0.1) is 17.7 Å². The number of alkyl halides is 3. The van der Waals surface area contributed by atoms with Gasteiger partial charge in [0, 0.05) is 32.7 Å². The predicted octanol–water partition coefficient (Wildman–Crippen LogP) is 3.45. The number of hydrogen-bond donors (Lipinski definition) is 0. The van der Waals surface area contributed by atoms with E-state index >= 15 is 0 Å². The first kappa shape index (κ1) is 21.4. The lowest BCUT2D eigenvalue weighted by Crippen LogP contribution is -2.46. The third-order valence-corrected chi connectivity index (χ3v) is 6.33. The molecule has 1 aliphatic heterocycles. The number of ether oxygens (including phenoxy) is 1. The zero-order valence-corrected chi connectivity index (χ0v) is 16.4. The normalized spacial score (nSPS) is 16.1. The van der Waals surface area contributed by atoms with Crippen LogP contribution in [0, 0.1) is 5.82 Å². The molecule has 1 fully saturated rings. The molecule has 0 bridgehead atoms. The van der Waals surface area contributed by atoms with Gasteiger partial charge in [0.15, 0.2) is 11.6 Å². The van der Waals surface area contributed by atoms with E-state index < -0.39 is 26.1 Å². The molecule has 0 atom stereocenters. The summed E-state index contributed by atoms with van der Waals surface area (Å²) < 4.78 is 81.5. The summed E-state index contributed by atoms with van der Waals surface area (Å²) in [6.07, 6.45) is 0. The van der Waals surface area contributed by atoms with Crippen LogP contribution in [0.5, 0.6) is 5.75 Å². The Balaban J connectivity index is 1.71. The van der Waals surface area contributed by atoms with Gasteiger partial charge in [-0.3, -0.25) is 4.90 Å². The van der Waals surface area contributed by atoms with Crippen LogP contribution in [0.25, 0.3) is 0 Å². The summed E-state index contributed by atoms with van der Waals surface area (Å²) in [5.74, 6) is -0.309. The number of hydrogen-bond acceptors (Lipinski definition) is 5. The van der Waals surface area contributed by atoms with Crippen molar-refractivity contribution in [3.8, 4) is 5.75 Å². The number of anilines is 1. The summed E-state index contributed by atoms with van der Waals surface area (Å²) in [6.45, 7) is 2.16. The van der Waals surface area contributed by atoms with E-state index in [2.05, 4.69) is 0 Å². The SMILES string of the molecule is COc1ccc(CN2CCN(c3ccccc3S(=O)(=O)C(F)(F)F)CC2)cc1F. The molecular formula is C19H20F4N2O3S. The van der Waals surface area contributed by atoms with E-state index in [1.54, 1.807) is 17.0 Å². The second-order valence-electron chi connectivity index (χ2n) is 6.65. The molecule has 2 aromatic rings. The number of halogens is 4. The van der Waals surface area contributed by atoms with E-state index in [4.69, 9.17) is 4.74 Å². The van der Waals surface area contributed by atoms with Gasteiger partial charge >= 0.3 is 5.51 Å². The van der Waals surface area contributed by atoms with Crippen LogP contribution in [0.3, 0.4) is 0 Å². The van der Waals surface area contributed by atoms with Crippen LogP contribution in [-0.2, 0) is 16.4 Å². The van der Waals surface area contributed by atoms with Gasteiger partial charge in [-0.2, -0.15) is 13.2 Å². The minimum Gasteiger partial charge on any atom is -0.494 e. The Hall–Kier alpha value is -2.33. The highest BCUT2D eigenvalue weighted by atomic mass is 32.2. The molecular weight excluding hydrogens is 412 g/mol. The molecule has 0 saturated carbocycles. The summed E-state index contributed by atoms with van der Waals surface area (Å²) >= 11 is 0. The molecule has 10 heteroatoms. The number of sulfone groups is 1. The molecule has 0 N–H and O–H groups in total. The van der Waals surface area contributed by atoms with E-state index in [9.17, 15) is 26.0 Å². The third kappa shape index (κ3) is 4.48. The van der Waals surface area contributed by atoms with Gasteiger partial charge in [-0.05, 0) is 29.8 Å². The molecule has 0 amide bonds. The Labute approximate surface area is 166 Å². The van der Waals surface area contributed by atoms with E-state index in [-0.39, 0.29) is 11.4 Å². The fourth-order valence-electron chi connectivity index (χ4n) is 3.28. The van der Waals surface area contributed by atoms with Crippen molar-refractivity contribution in [2.24, 2.45) is 0 Å². The molecule has 0 aromatic heterocycles. The third-order valence-electron chi connectivity index (χ3n) is 4.79. The van der Waals surface area contributed by atoms with Crippen LogP contribution in [-0.4, -0.2) is 52.1 Å². The first-order chi connectivity index (χ1) is 13.6. The number of rotatable bonds is 5. The van der Waals surface area contributed by atoms with Crippen molar-refractivity contribution in [1.29, 1.82) is 0 Å². The maximum Gasteiger partial charge on any atom is 0.501 e. The summed E-state index contributed by atoms with van der Waals surface area (Å²) in [4.78, 5) is 2.92. The molecule has 0 spiro atoms. The molecule has 0 aliphatic carbocycles. The first-order valence-electron chi connectivity index (χ1n) is 8.83. The fraction of sp³-hybridized carbons (Fsp3) is 0.368. The largest absolute Gasteiger partial charge is 0.501 e. The second-order valence-corrected chi connectivity index (χ2v) is 8.56. The van der Waals surface area contributed by atoms with Crippen molar-refractivity contribution >= 4 is 15.5 Å². The Morgan fingerprint density at radius 2 is 1.69 bits per heavy atom. The number of nitrogens with zero attached hydrogens (tertiary/aromatic N) is 2. The fourth-order valence-corrected chi connectivity index (χ4v) is 4.26. The van der Waals surface area contributed by atoms with Gasteiger partial charge in [-0.25, -0.2) is 12.8 Å². The lowest BCUT2D eigenvalue weighted by atomic mass is 10.1. The van der Waals surface area contributed by atoms with Gasteiger partial charge in [-0.1, -0.05) is 18.2 Å². The van der Waals surface area contributed by atoms with Gasteiger partial charge in [0.25, 0.3) is 9.84 Å². The van der Waals surface area contributed by atoms with Crippen LogP contribution in [0.2, 0.25) is 0 Å². The minimum atomic E-state index is -5.44. The summed E-state index contributed by atoms with van der Waals surface area (Å²) in [6, 6.07) is 9.82. The number of para-hydroxylation sites is 1. The molecule has 1 saturated heterocycles. The van der Waals surface area contributed by atoms with Gasteiger partial charge < -0.3 is 9.64 Å². The first-order valence-corrected chi connectivity index (χ1v) is 10.3. The topological polar surface area (TPSA) is 49.9 Å². The number of methoxy groups -OCH3 is 1. The van der Waals surface area contributed by atoms with Crippen molar-refractivity contribution in [1.82, 2.24) is 4.90 Å². The van der Waals surface area contributed by atoms with Gasteiger partial charge in [0.2, 0.25) is 0 Å². The van der Waals surface area contributed by atoms with Crippen molar-refractivity contribution in [3.63, 3.8) is 0 Å². The second kappa shape index (κ2) is 8.19. The van der Waals surface area contributed by atoms with Crippen LogP contribution >= 0.6 is 0 Å². The molecule has 0 unspecified atom stereocenters. The molecule has 5 nitrogen and oxygen atoms in total. The zero-order chi connectivity index (χ0) is 21.2. The number of piperazine rings is 1. The van der Waals surface area contributed by atoms with Crippen molar-refractivity contribution in [2.45, 2.75) is 16.9 Å². The van der Waals surface area contributed by atoms with Crippen molar-refractivity contribution < 1.29 is 30.7 Å². The molecule has 29 heavy (non-hydrogen) atoms. The van der Waals surface area contributed by atoms with Crippen LogP contribution in [0.4, 0.5) is 23.2 Å². The highest BCUT2D eigenvalue weighted by Gasteiger charge is 2.48. The summed E-state index contributed by atoms with van der Waals surface area (Å²) in [5.41, 5.74) is -4.57. The van der Waals surface area contributed by atoms with E-state index in [0.717, 1.165) is 11.6 Å². The average Bonchev–Trinajstić information content (AvgIpc) is 2.68. The van der Waals surface area contributed by atoms with Gasteiger partial charge in [0.1, 0.15) is 0 Å². The summed E-state index contributed by atoms with van der Waals surface area (Å²) in [7, 11) is -4.06. The average molecular weight is 432 g/mol. The lowest BCUT2D eigenvalue weighted by Gasteiger charge is -2.37. The molecule has 1 aliphatic rings. The Morgan fingerprint density at radius 3 is 2.28 bits per heavy atom. The predicted molar refractivity (Wildman–Crippen MR) is 100 cm³/mol. The molecule has 0 radical (unpaired) electrons. The van der Waals surface area contributed by atoms with E-state index in [1.807, 2.05) is 4.90 Å².